The maximum Gasteiger partial charge on any atom is 0.267 e. The summed E-state index contributed by atoms with van der Waals surface area (Å²) in [6.07, 6.45) is -1.70. The second kappa shape index (κ2) is 17.4. The average Bonchev–Trinajstić information content (AvgIpc) is 3.88. The molecule has 0 aliphatic carbocycles. The van der Waals surface area contributed by atoms with Crippen molar-refractivity contribution in [2.24, 2.45) is 11.8 Å². The summed E-state index contributed by atoms with van der Waals surface area (Å²) in [6, 6.07) is 3.00. The third-order valence-corrected chi connectivity index (χ3v) is 11.1. The van der Waals surface area contributed by atoms with E-state index in [1.165, 1.54) is 28.8 Å². The van der Waals surface area contributed by atoms with Crippen LogP contribution in [0.15, 0.2) is 36.4 Å². The number of amides is 4. The molecule has 0 saturated carbocycles. The molecule has 4 unspecified atom stereocenters. The Morgan fingerprint density at radius 2 is 1.30 bits per heavy atom. The van der Waals surface area contributed by atoms with Crippen LogP contribution >= 0.6 is 0 Å². The van der Waals surface area contributed by atoms with Crippen LogP contribution in [0.3, 0.4) is 0 Å². The highest BCUT2D eigenvalue weighted by Crippen LogP contribution is 2.41. The zero-order valence-electron chi connectivity index (χ0n) is 34.3. The number of benzene rings is 2. The van der Waals surface area contributed by atoms with Crippen molar-refractivity contribution in [2.45, 2.75) is 89.5 Å². The fourth-order valence-electron chi connectivity index (χ4n) is 8.37. The van der Waals surface area contributed by atoms with E-state index in [2.05, 4.69) is 26.3 Å². The molecule has 2 saturated heterocycles. The molecule has 4 amide bonds. The number of nitrogens with one attached hydrogen (secondary N) is 5. The fourth-order valence-corrected chi connectivity index (χ4v) is 8.37. The van der Waals surface area contributed by atoms with Crippen LogP contribution in [0, 0.1) is 23.5 Å². The second-order valence-electron chi connectivity index (χ2n) is 16.6. The molecule has 2 aliphatic heterocycles. The number of likely N-dealkylation sites (tertiary alicyclic amines) is 2. The van der Waals surface area contributed by atoms with E-state index in [9.17, 15) is 28.0 Å². The predicted octanol–water partition coefficient (Wildman–Crippen LogP) is 4.20. The van der Waals surface area contributed by atoms with Gasteiger partial charge in [-0.05, 0) is 68.2 Å². The highest BCUT2D eigenvalue weighted by Gasteiger charge is 2.50. The smallest absolute Gasteiger partial charge is 0.267 e. The zero-order chi connectivity index (χ0) is 43.8. The SMILES string of the molecule is CNCC(=O)NC(C(=O)N1CC(F)(F)CC1Cc1c(-c2nc3cc(F)ccc3n2CC2CC(F)(F)CN2C(=O)C(NC(=O)CNC)C(C)C)[nH]c2cc(F)ccc12)C(C)C. The summed E-state index contributed by atoms with van der Waals surface area (Å²) in [6.45, 7) is 4.38. The van der Waals surface area contributed by atoms with Gasteiger partial charge in [0.1, 0.15) is 23.7 Å². The standard InChI is InChI=1S/C41H51F6N9O4/c1-21(2)34(52-32(57)16-48-5)38(59)55-19-40(44,45)14-25(55)13-28-27-9-7-23(42)11-29(27)50-36(28)37-51-30-12-24(43)8-10-31(30)54(37)18-26-15-41(46,47)20-56(26)39(60)35(22(3)4)53-33(58)17-49-6/h7-12,21-22,25-26,34-35,48-50H,13-20H2,1-6H3,(H,52,57)(H,53,58). The van der Waals surface area contributed by atoms with Crippen LogP contribution in [0.4, 0.5) is 26.3 Å². The van der Waals surface area contributed by atoms with Gasteiger partial charge in [0.2, 0.25) is 23.6 Å². The Balaban J connectivity index is 1.45. The largest absolute Gasteiger partial charge is 0.352 e. The van der Waals surface area contributed by atoms with Crippen molar-refractivity contribution in [2.75, 3.05) is 40.3 Å². The van der Waals surface area contributed by atoms with Crippen molar-refractivity contribution >= 4 is 45.6 Å². The molecule has 19 heteroatoms. The first-order valence-corrected chi connectivity index (χ1v) is 19.9. The van der Waals surface area contributed by atoms with Crippen LogP contribution in [-0.2, 0) is 32.1 Å². The number of aromatic amines is 1. The van der Waals surface area contributed by atoms with Gasteiger partial charge in [0, 0.05) is 42.4 Å². The number of likely N-dealkylation sites (N-methyl/N-ethyl adjacent to an activating group) is 2. The molecule has 2 aliphatic rings. The lowest BCUT2D eigenvalue weighted by atomic mass is 9.98. The number of hydrogen-bond acceptors (Lipinski definition) is 7. The van der Waals surface area contributed by atoms with Crippen LogP contribution in [-0.4, -0.2) is 124 Å². The van der Waals surface area contributed by atoms with E-state index in [1.807, 2.05) is 0 Å². The Morgan fingerprint density at radius 3 is 1.85 bits per heavy atom. The van der Waals surface area contributed by atoms with Crippen LogP contribution in [0.2, 0.25) is 0 Å². The van der Waals surface area contributed by atoms with Gasteiger partial charge in [-0.25, -0.2) is 31.3 Å². The summed E-state index contributed by atoms with van der Waals surface area (Å²) in [4.78, 5) is 63.2. The number of carbonyl (C=O) groups is 4. The molecule has 6 rings (SSSR count). The van der Waals surface area contributed by atoms with Gasteiger partial charge in [0.15, 0.2) is 5.82 Å². The quantitative estimate of drug-likeness (QED) is 0.112. The average molecular weight is 848 g/mol. The van der Waals surface area contributed by atoms with Crippen molar-refractivity contribution in [3.8, 4) is 11.5 Å². The summed E-state index contributed by atoms with van der Waals surface area (Å²) < 4.78 is 92.6. The van der Waals surface area contributed by atoms with Crippen molar-refractivity contribution in [1.29, 1.82) is 0 Å². The van der Waals surface area contributed by atoms with Crippen molar-refractivity contribution < 1.29 is 45.5 Å². The Kier molecular flexibility index (Phi) is 12.9. The molecule has 2 aromatic heterocycles. The van der Waals surface area contributed by atoms with Crippen LogP contribution in [0.1, 0.15) is 46.1 Å². The monoisotopic (exact) mass is 847 g/mol. The van der Waals surface area contributed by atoms with E-state index in [-0.39, 0.29) is 48.6 Å². The summed E-state index contributed by atoms with van der Waals surface area (Å²) in [5.41, 5.74) is 1.19. The first-order valence-electron chi connectivity index (χ1n) is 19.9. The van der Waals surface area contributed by atoms with Gasteiger partial charge in [0.25, 0.3) is 11.8 Å². The fraction of sp³-hybridized carbons (Fsp3) is 0.537. The van der Waals surface area contributed by atoms with E-state index in [0.29, 0.717) is 16.5 Å². The van der Waals surface area contributed by atoms with Gasteiger partial charge in [-0.15, -0.1) is 0 Å². The minimum absolute atomic E-state index is 0.0644. The Labute approximate surface area is 343 Å². The number of carbonyl (C=O) groups excluding carboxylic acids is 4. The van der Waals surface area contributed by atoms with E-state index >= 15 is 17.6 Å². The van der Waals surface area contributed by atoms with Gasteiger partial charge >= 0.3 is 0 Å². The first-order chi connectivity index (χ1) is 28.2. The van der Waals surface area contributed by atoms with Gasteiger partial charge in [0.05, 0.1) is 48.9 Å². The number of imidazole rings is 1. The normalized spacial score (nSPS) is 19.8. The highest BCUT2D eigenvalue weighted by atomic mass is 19.3. The van der Waals surface area contributed by atoms with Gasteiger partial charge in [-0.1, -0.05) is 27.7 Å². The van der Waals surface area contributed by atoms with Crippen molar-refractivity contribution in [1.82, 2.24) is 45.6 Å². The van der Waals surface area contributed by atoms with Crippen LogP contribution in [0.5, 0.6) is 0 Å². The minimum Gasteiger partial charge on any atom is -0.352 e. The maximum absolute atomic E-state index is 15.4. The number of hydrogen-bond donors (Lipinski definition) is 5. The Morgan fingerprint density at radius 1 is 0.783 bits per heavy atom. The van der Waals surface area contributed by atoms with Crippen LogP contribution < -0.4 is 21.3 Å². The summed E-state index contributed by atoms with van der Waals surface area (Å²) >= 11 is 0. The number of nitrogens with zero attached hydrogens (tertiary/aromatic N) is 4. The second-order valence-corrected chi connectivity index (χ2v) is 16.6. The zero-order valence-corrected chi connectivity index (χ0v) is 34.3. The molecule has 0 bridgehead atoms. The highest BCUT2D eigenvalue weighted by molar-refractivity contribution is 5.93. The number of H-pyrrole nitrogens is 1. The molecular weight excluding hydrogens is 796 g/mol. The van der Waals surface area contributed by atoms with E-state index in [4.69, 9.17) is 4.98 Å². The van der Waals surface area contributed by atoms with Crippen molar-refractivity contribution in [3.63, 3.8) is 0 Å². The third kappa shape index (κ3) is 9.41. The summed E-state index contributed by atoms with van der Waals surface area (Å²) in [7, 11) is 3.10. The molecule has 4 aromatic rings. The Hall–Kier alpha value is -5.17. The molecule has 0 radical (unpaired) electrons. The molecular formula is C41H51F6N9O4. The number of halogens is 6. The molecule has 2 fully saturated rings. The van der Waals surface area contributed by atoms with E-state index < -0.39 is 109 Å². The summed E-state index contributed by atoms with van der Waals surface area (Å²) in [5.74, 6) is -11.2. The maximum atomic E-state index is 15.4. The number of alkyl halides is 4. The molecule has 5 N–H and O–H groups in total. The van der Waals surface area contributed by atoms with Crippen molar-refractivity contribution in [3.05, 3.63) is 53.6 Å². The lowest BCUT2D eigenvalue weighted by Crippen LogP contribution is -2.54. The topological polar surface area (TPSA) is 156 Å². The number of aromatic nitrogens is 3. The third-order valence-electron chi connectivity index (χ3n) is 11.1. The first kappa shape index (κ1) is 44.4. The minimum atomic E-state index is -3.31. The molecule has 326 valence electrons. The van der Waals surface area contributed by atoms with Gasteiger partial charge in [-0.2, -0.15) is 0 Å². The predicted molar refractivity (Wildman–Crippen MR) is 212 cm³/mol. The van der Waals surface area contributed by atoms with Crippen LogP contribution in [0.25, 0.3) is 33.5 Å². The van der Waals surface area contributed by atoms with E-state index in [0.717, 1.165) is 21.9 Å². The number of rotatable bonds is 15. The molecule has 13 nitrogen and oxygen atoms in total. The lowest BCUT2D eigenvalue weighted by Gasteiger charge is -2.31. The summed E-state index contributed by atoms with van der Waals surface area (Å²) in [5, 5.41) is 11.1. The van der Waals surface area contributed by atoms with E-state index in [1.54, 1.807) is 41.8 Å². The molecule has 60 heavy (non-hydrogen) atoms. The molecule has 4 atom stereocenters. The lowest BCUT2D eigenvalue weighted by molar-refractivity contribution is -0.139. The molecule has 0 spiro atoms. The number of fused-ring (bicyclic) bond motifs is 2. The molecule has 4 heterocycles. The Bertz CT molecular complexity index is 2100. The van der Waals surface area contributed by atoms with Gasteiger partial charge in [-0.3, -0.25) is 19.2 Å². The molecule has 2 aromatic carbocycles. The van der Waals surface area contributed by atoms with Gasteiger partial charge < -0.3 is 40.6 Å².